The van der Waals surface area contributed by atoms with Crippen molar-refractivity contribution in [3.8, 4) is 0 Å². The number of rotatable bonds is 4. The van der Waals surface area contributed by atoms with Crippen LogP contribution in [0, 0.1) is 6.92 Å². The van der Waals surface area contributed by atoms with Gasteiger partial charge in [-0.1, -0.05) is 13.0 Å². The van der Waals surface area contributed by atoms with Crippen molar-refractivity contribution >= 4 is 17.7 Å². The van der Waals surface area contributed by atoms with E-state index in [-0.39, 0.29) is 5.97 Å². The van der Waals surface area contributed by atoms with Gasteiger partial charge in [0.2, 0.25) is 0 Å². The van der Waals surface area contributed by atoms with Crippen molar-refractivity contribution in [2.45, 2.75) is 25.7 Å². The third kappa shape index (κ3) is 3.27. The summed E-state index contributed by atoms with van der Waals surface area (Å²) < 4.78 is 4.95. The first-order valence-corrected chi connectivity index (χ1v) is 6.08. The highest BCUT2D eigenvalue weighted by Crippen LogP contribution is 2.23. The highest BCUT2D eigenvalue weighted by atomic mass is 32.2. The van der Waals surface area contributed by atoms with E-state index in [1.54, 1.807) is 11.8 Å². The summed E-state index contributed by atoms with van der Waals surface area (Å²) in [6.45, 7) is 6.38. The van der Waals surface area contributed by atoms with Crippen LogP contribution in [0.1, 0.15) is 29.8 Å². The largest absolute Gasteiger partial charge is 0.462 e. The number of hydrogen-bond acceptors (Lipinski definition) is 3. The molecule has 0 spiro atoms. The summed E-state index contributed by atoms with van der Waals surface area (Å²) in [5, 5.41) is 0. The molecule has 0 N–H and O–H groups in total. The van der Waals surface area contributed by atoms with E-state index in [0.717, 1.165) is 10.6 Å². The molecule has 1 aromatic carbocycles. The first kappa shape index (κ1) is 12.1. The lowest BCUT2D eigenvalue weighted by molar-refractivity contribution is 0.0526. The molecular weight excluding hydrogens is 208 g/mol. The predicted molar refractivity (Wildman–Crippen MR) is 63.5 cm³/mol. The summed E-state index contributed by atoms with van der Waals surface area (Å²) in [5.74, 6) is 0.767. The highest BCUT2D eigenvalue weighted by Gasteiger charge is 2.08. The Balaban J connectivity index is 2.91. The zero-order valence-electron chi connectivity index (χ0n) is 9.37. The second-order valence-electron chi connectivity index (χ2n) is 3.13. The van der Waals surface area contributed by atoms with Crippen molar-refractivity contribution in [2.75, 3.05) is 12.4 Å². The van der Waals surface area contributed by atoms with Gasteiger partial charge in [0.15, 0.2) is 0 Å². The zero-order chi connectivity index (χ0) is 11.3. The molecule has 0 aliphatic heterocycles. The van der Waals surface area contributed by atoms with Crippen LogP contribution >= 0.6 is 11.8 Å². The van der Waals surface area contributed by atoms with Crippen molar-refractivity contribution in [2.24, 2.45) is 0 Å². The summed E-state index contributed by atoms with van der Waals surface area (Å²) >= 11 is 1.74. The number of esters is 1. The van der Waals surface area contributed by atoms with E-state index >= 15 is 0 Å². The van der Waals surface area contributed by atoms with Gasteiger partial charge in [0.1, 0.15) is 0 Å². The van der Waals surface area contributed by atoms with Crippen molar-refractivity contribution < 1.29 is 9.53 Å². The fourth-order valence-electron chi connectivity index (χ4n) is 1.25. The molecule has 0 fully saturated rings. The summed E-state index contributed by atoms with van der Waals surface area (Å²) in [4.78, 5) is 12.6. The summed E-state index contributed by atoms with van der Waals surface area (Å²) in [5.41, 5.74) is 1.84. The van der Waals surface area contributed by atoms with Crippen LogP contribution in [0.25, 0.3) is 0 Å². The maximum absolute atomic E-state index is 11.5. The molecule has 0 saturated heterocycles. The van der Waals surface area contributed by atoms with Gasteiger partial charge in [-0.2, -0.15) is 0 Å². The van der Waals surface area contributed by atoms with Crippen molar-refractivity contribution in [1.82, 2.24) is 0 Å². The first-order valence-electron chi connectivity index (χ1n) is 5.09. The van der Waals surface area contributed by atoms with Crippen LogP contribution in [-0.4, -0.2) is 18.3 Å². The molecular formula is C12H16O2S. The number of aryl methyl sites for hydroxylation is 1. The van der Waals surface area contributed by atoms with E-state index < -0.39 is 0 Å². The highest BCUT2D eigenvalue weighted by molar-refractivity contribution is 7.99. The van der Waals surface area contributed by atoms with Crippen molar-refractivity contribution in [3.63, 3.8) is 0 Å². The van der Waals surface area contributed by atoms with Crippen LogP contribution < -0.4 is 0 Å². The number of hydrogen-bond donors (Lipinski definition) is 0. The zero-order valence-corrected chi connectivity index (χ0v) is 10.2. The molecule has 3 heteroatoms. The van der Waals surface area contributed by atoms with E-state index in [1.807, 2.05) is 32.0 Å². The van der Waals surface area contributed by atoms with Gasteiger partial charge in [-0.05, 0) is 37.3 Å². The lowest BCUT2D eigenvalue weighted by Gasteiger charge is -2.06. The van der Waals surface area contributed by atoms with E-state index in [2.05, 4.69) is 6.92 Å². The molecule has 0 aliphatic rings. The van der Waals surface area contributed by atoms with Gasteiger partial charge in [0, 0.05) is 4.90 Å². The Hall–Kier alpha value is -0.960. The Kier molecular flexibility index (Phi) is 4.69. The molecule has 82 valence electrons. The molecule has 0 aliphatic carbocycles. The van der Waals surface area contributed by atoms with Crippen molar-refractivity contribution in [1.29, 1.82) is 0 Å². The average molecular weight is 224 g/mol. The SMILES string of the molecule is CCOC(=O)c1ccc(C)c(SCC)c1. The monoisotopic (exact) mass is 224 g/mol. The number of carbonyl (C=O) groups excluding carboxylic acids is 1. The smallest absolute Gasteiger partial charge is 0.338 e. The van der Waals surface area contributed by atoms with Crippen LogP contribution in [0.5, 0.6) is 0 Å². The minimum atomic E-state index is -0.240. The van der Waals surface area contributed by atoms with E-state index in [4.69, 9.17) is 4.74 Å². The molecule has 0 saturated carbocycles. The Bertz CT molecular complexity index is 347. The lowest BCUT2D eigenvalue weighted by atomic mass is 10.1. The Morgan fingerprint density at radius 2 is 2.13 bits per heavy atom. The second kappa shape index (κ2) is 5.81. The Morgan fingerprint density at radius 3 is 2.73 bits per heavy atom. The molecule has 0 amide bonds. The molecule has 0 radical (unpaired) electrons. The molecule has 0 bridgehead atoms. The third-order valence-electron chi connectivity index (χ3n) is 2.00. The van der Waals surface area contributed by atoms with E-state index in [9.17, 15) is 4.79 Å². The molecule has 0 unspecified atom stereocenters. The van der Waals surface area contributed by atoms with Crippen molar-refractivity contribution in [3.05, 3.63) is 29.3 Å². The Labute approximate surface area is 95.0 Å². The number of carbonyl (C=O) groups is 1. The molecule has 1 rings (SSSR count). The van der Waals surface area contributed by atoms with Gasteiger partial charge in [-0.3, -0.25) is 0 Å². The minimum absolute atomic E-state index is 0.240. The number of ether oxygens (including phenoxy) is 1. The fourth-order valence-corrected chi connectivity index (χ4v) is 2.07. The van der Waals surface area contributed by atoms with Gasteiger partial charge in [0.25, 0.3) is 0 Å². The standard InChI is InChI=1S/C12H16O2S/c1-4-14-12(13)10-7-6-9(3)11(8-10)15-5-2/h6-8H,4-5H2,1-3H3. The Morgan fingerprint density at radius 1 is 1.40 bits per heavy atom. The summed E-state index contributed by atoms with van der Waals surface area (Å²) in [6, 6.07) is 5.68. The van der Waals surface area contributed by atoms with Gasteiger partial charge in [0.05, 0.1) is 12.2 Å². The fraction of sp³-hybridized carbons (Fsp3) is 0.417. The molecule has 0 aromatic heterocycles. The third-order valence-corrected chi connectivity index (χ3v) is 3.04. The van der Waals surface area contributed by atoms with E-state index in [1.165, 1.54) is 5.56 Å². The molecule has 2 nitrogen and oxygen atoms in total. The van der Waals surface area contributed by atoms with Crippen LogP contribution in [0.15, 0.2) is 23.1 Å². The van der Waals surface area contributed by atoms with Crippen LogP contribution in [-0.2, 0) is 4.74 Å². The van der Waals surface area contributed by atoms with Crippen LogP contribution in [0.3, 0.4) is 0 Å². The van der Waals surface area contributed by atoms with Crippen LogP contribution in [0.4, 0.5) is 0 Å². The van der Waals surface area contributed by atoms with Gasteiger partial charge >= 0.3 is 5.97 Å². The summed E-state index contributed by atoms with van der Waals surface area (Å²) in [7, 11) is 0. The quantitative estimate of drug-likeness (QED) is 0.580. The molecule has 0 atom stereocenters. The predicted octanol–water partition coefficient (Wildman–Crippen LogP) is 3.28. The van der Waals surface area contributed by atoms with Gasteiger partial charge < -0.3 is 4.74 Å². The van der Waals surface area contributed by atoms with Crippen LogP contribution in [0.2, 0.25) is 0 Å². The van der Waals surface area contributed by atoms with Gasteiger partial charge in [-0.15, -0.1) is 11.8 Å². The lowest BCUT2D eigenvalue weighted by Crippen LogP contribution is -2.04. The topological polar surface area (TPSA) is 26.3 Å². The maximum Gasteiger partial charge on any atom is 0.338 e. The second-order valence-corrected chi connectivity index (χ2v) is 4.44. The molecule has 15 heavy (non-hydrogen) atoms. The number of thioether (sulfide) groups is 1. The number of benzene rings is 1. The van der Waals surface area contributed by atoms with E-state index in [0.29, 0.717) is 12.2 Å². The molecule has 1 aromatic rings. The van der Waals surface area contributed by atoms with Gasteiger partial charge in [-0.25, -0.2) is 4.79 Å². The average Bonchev–Trinajstić information content (AvgIpc) is 2.22. The normalized spacial score (nSPS) is 10.1. The maximum atomic E-state index is 11.5. The first-order chi connectivity index (χ1) is 7.19. The molecule has 0 heterocycles. The summed E-state index contributed by atoms with van der Waals surface area (Å²) in [6.07, 6.45) is 0. The minimum Gasteiger partial charge on any atom is -0.462 e.